The van der Waals surface area contributed by atoms with Crippen molar-refractivity contribution in [3.63, 3.8) is 0 Å². The first-order valence-electron chi connectivity index (χ1n) is 9.55. The Morgan fingerprint density at radius 2 is 1.87 bits per heavy atom. The van der Waals surface area contributed by atoms with E-state index in [9.17, 15) is 9.59 Å². The molecule has 0 aliphatic rings. The summed E-state index contributed by atoms with van der Waals surface area (Å²) >= 11 is 13.5. The maximum Gasteiger partial charge on any atom is 0.263 e. The molecule has 158 valence electrons. The highest BCUT2D eigenvalue weighted by atomic mass is 35.5. The minimum atomic E-state index is -0.382. The van der Waals surface area contributed by atoms with Gasteiger partial charge >= 0.3 is 0 Å². The number of hydrogen-bond donors (Lipinski definition) is 1. The van der Waals surface area contributed by atoms with Crippen molar-refractivity contribution in [1.82, 2.24) is 9.55 Å². The number of aromatic nitrogens is 2. The first-order valence-corrected chi connectivity index (χ1v) is 11.1. The molecule has 0 unspecified atom stereocenters. The summed E-state index contributed by atoms with van der Waals surface area (Å²) in [6.07, 6.45) is 1.41. The van der Waals surface area contributed by atoms with Crippen molar-refractivity contribution in [3.8, 4) is 11.1 Å². The molecular weight excluding hydrogens is 453 g/mol. The van der Waals surface area contributed by atoms with Crippen molar-refractivity contribution in [2.75, 3.05) is 5.32 Å². The number of nitrogens with one attached hydrogen (secondary N) is 1. The van der Waals surface area contributed by atoms with E-state index in [0.717, 1.165) is 21.6 Å². The standard InChI is InChI=1S/C23H19Cl2N3O2S/c1-12-4-5-15(8-13(12)2)20-14(3)31-22-21(20)23(30)28(11-26-22)10-19(29)27-18-7-6-16(24)9-17(18)25/h4-9,11H,10H2,1-3H3,(H,27,29). The number of anilines is 1. The number of thiophene rings is 1. The molecule has 0 atom stereocenters. The number of carbonyl (C=O) groups excluding carboxylic acids is 1. The largest absolute Gasteiger partial charge is 0.323 e. The molecule has 0 bridgehead atoms. The number of benzene rings is 2. The molecule has 8 heteroatoms. The fourth-order valence-corrected chi connectivity index (χ4v) is 4.89. The molecule has 0 aliphatic carbocycles. The van der Waals surface area contributed by atoms with Gasteiger partial charge in [-0.3, -0.25) is 14.2 Å². The second kappa shape index (κ2) is 8.46. The number of amides is 1. The van der Waals surface area contributed by atoms with E-state index < -0.39 is 0 Å². The zero-order chi connectivity index (χ0) is 22.3. The Balaban J connectivity index is 1.71. The van der Waals surface area contributed by atoms with E-state index >= 15 is 0 Å². The van der Waals surface area contributed by atoms with Crippen LogP contribution in [0.4, 0.5) is 5.69 Å². The summed E-state index contributed by atoms with van der Waals surface area (Å²) in [6, 6.07) is 10.9. The van der Waals surface area contributed by atoms with Crippen molar-refractivity contribution in [1.29, 1.82) is 0 Å². The van der Waals surface area contributed by atoms with Crippen LogP contribution >= 0.6 is 34.5 Å². The molecule has 2 aromatic heterocycles. The summed E-state index contributed by atoms with van der Waals surface area (Å²) in [6.45, 7) is 5.90. The number of carbonyl (C=O) groups is 1. The van der Waals surface area contributed by atoms with Crippen molar-refractivity contribution in [2.24, 2.45) is 0 Å². The van der Waals surface area contributed by atoms with Crippen molar-refractivity contribution < 1.29 is 4.79 Å². The van der Waals surface area contributed by atoms with Gasteiger partial charge in [-0.15, -0.1) is 11.3 Å². The topological polar surface area (TPSA) is 64.0 Å². The molecule has 2 heterocycles. The first kappa shape index (κ1) is 21.6. The number of rotatable bonds is 4. The molecule has 1 amide bonds. The van der Waals surface area contributed by atoms with Crippen LogP contribution in [0.1, 0.15) is 16.0 Å². The lowest BCUT2D eigenvalue weighted by Gasteiger charge is -2.10. The van der Waals surface area contributed by atoms with Gasteiger partial charge in [0.1, 0.15) is 11.4 Å². The first-order chi connectivity index (χ1) is 14.7. The van der Waals surface area contributed by atoms with Crippen LogP contribution in [0.15, 0.2) is 47.5 Å². The maximum absolute atomic E-state index is 13.3. The Morgan fingerprint density at radius 3 is 2.58 bits per heavy atom. The minimum absolute atomic E-state index is 0.179. The molecule has 0 spiro atoms. The SMILES string of the molecule is Cc1ccc(-c2c(C)sc3ncn(CC(=O)Nc4ccc(Cl)cc4Cl)c(=O)c23)cc1C. The van der Waals surface area contributed by atoms with Gasteiger partial charge in [-0.25, -0.2) is 4.98 Å². The zero-order valence-electron chi connectivity index (χ0n) is 17.1. The van der Waals surface area contributed by atoms with Gasteiger partial charge in [0, 0.05) is 15.5 Å². The van der Waals surface area contributed by atoms with Crippen molar-refractivity contribution in [2.45, 2.75) is 27.3 Å². The smallest absolute Gasteiger partial charge is 0.263 e. The van der Waals surface area contributed by atoms with Crippen molar-refractivity contribution in [3.05, 3.63) is 79.1 Å². The van der Waals surface area contributed by atoms with Crippen molar-refractivity contribution >= 4 is 56.3 Å². The van der Waals surface area contributed by atoms with Gasteiger partial charge in [-0.1, -0.05) is 41.4 Å². The van der Waals surface area contributed by atoms with E-state index in [-0.39, 0.29) is 18.0 Å². The monoisotopic (exact) mass is 471 g/mol. The van der Waals surface area contributed by atoms with E-state index in [1.807, 2.05) is 26.0 Å². The Morgan fingerprint density at radius 1 is 1.10 bits per heavy atom. The third kappa shape index (κ3) is 4.24. The quantitative estimate of drug-likeness (QED) is 0.397. The Labute approximate surface area is 193 Å². The van der Waals surface area contributed by atoms with Crippen LogP contribution < -0.4 is 10.9 Å². The van der Waals surface area contributed by atoms with Gasteiger partial charge < -0.3 is 5.32 Å². The Hall–Kier alpha value is -2.67. The highest BCUT2D eigenvalue weighted by molar-refractivity contribution is 7.19. The molecule has 0 saturated carbocycles. The molecule has 1 N–H and O–H groups in total. The summed E-state index contributed by atoms with van der Waals surface area (Å²) in [5, 5.41) is 4.04. The van der Waals surface area contributed by atoms with Crippen LogP contribution in [-0.2, 0) is 11.3 Å². The lowest BCUT2D eigenvalue weighted by molar-refractivity contribution is -0.116. The number of nitrogens with zero attached hydrogens (tertiary/aromatic N) is 2. The average molecular weight is 472 g/mol. The third-order valence-corrected chi connectivity index (χ3v) is 6.73. The number of halogens is 2. The summed E-state index contributed by atoms with van der Waals surface area (Å²) < 4.78 is 1.32. The van der Waals surface area contributed by atoms with Crippen LogP contribution in [0.3, 0.4) is 0 Å². The molecule has 31 heavy (non-hydrogen) atoms. The summed E-state index contributed by atoms with van der Waals surface area (Å²) in [5.74, 6) is -0.382. The highest BCUT2D eigenvalue weighted by Gasteiger charge is 2.18. The number of fused-ring (bicyclic) bond motifs is 1. The fourth-order valence-electron chi connectivity index (χ4n) is 3.43. The summed E-state index contributed by atoms with van der Waals surface area (Å²) in [4.78, 5) is 32.0. The van der Waals surface area contributed by atoms with E-state index in [0.29, 0.717) is 25.9 Å². The molecule has 0 radical (unpaired) electrons. The minimum Gasteiger partial charge on any atom is -0.323 e. The predicted octanol–water partition coefficient (Wildman–Crippen LogP) is 6.00. The molecule has 4 rings (SSSR count). The molecule has 0 saturated heterocycles. The summed E-state index contributed by atoms with van der Waals surface area (Å²) in [7, 11) is 0. The van der Waals surface area contributed by atoms with Gasteiger partial charge in [0.05, 0.1) is 22.4 Å². The lowest BCUT2D eigenvalue weighted by Crippen LogP contribution is -2.27. The van der Waals surface area contributed by atoms with Crippen LogP contribution in [0.25, 0.3) is 21.3 Å². The van der Waals surface area contributed by atoms with E-state index in [2.05, 4.69) is 23.3 Å². The number of hydrogen-bond acceptors (Lipinski definition) is 4. The summed E-state index contributed by atoms with van der Waals surface area (Å²) in [5.41, 5.74) is 4.37. The van der Waals surface area contributed by atoms with Gasteiger partial charge in [-0.05, 0) is 55.7 Å². The Bertz CT molecular complexity index is 1390. The van der Waals surface area contributed by atoms with E-state index in [4.69, 9.17) is 23.2 Å². The van der Waals surface area contributed by atoms with Crippen LogP contribution in [-0.4, -0.2) is 15.5 Å². The number of aryl methyl sites for hydroxylation is 3. The Kier molecular flexibility index (Phi) is 5.88. The average Bonchev–Trinajstić information content (AvgIpc) is 3.05. The van der Waals surface area contributed by atoms with Crippen LogP contribution in [0, 0.1) is 20.8 Å². The van der Waals surface area contributed by atoms with Gasteiger partial charge in [0.25, 0.3) is 5.56 Å². The maximum atomic E-state index is 13.3. The van der Waals surface area contributed by atoms with Gasteiger partial charge in [0.15, 0.2) is 0 Å². The zero-order valence-corrected chi connectivity index (χ0v) is 19.5. The molecule has 5 nitrogen and oxygen atoms in total. The second-order valence-corrected chi connectivity index (χ2v) is 9.41. The fraction of sp³-hybridized carbons (Fsp3) is 0.174. The van der Waals surface area contributed by atoms with Gasteiger partial charge in [0.2, 0.25) is 5.91 Å². The lowest BCUT2D eigenvalue weighted by atomic mass is 9.99. The molecular formula is C23H19Cl2N3O2S. The normalized spacial score (nSPS) is 11.1. The third-order valence-electron chi connectivity index (χ3n) is 5.17. The molecule has 4 aromatic rings. The second-order valence-electron chi connectivity index (χ2n) is 7.36. The predicted molar refractivity (Wildman–Crippen MR) is 129 cm³/mol. The molecule has 0 aliphatic heterocycles. The van der Waals surface area contributed by atoms with Crippen LogP contribution in [0.2, 0.25) is 10.0 Å². The van der Waals surface area contributed by atoms with Crippen LogP contribution in [0.5, 0.6) is 0 Å². The van der Waals surface area contributed by atoms with E-state index in [1.165, 1.54) is 27.8 Å². The molecule has 2 aromatic carbocycles. The highest BCUT2D eigenvalue weighted by Crippen LogP contribution is 2.36. The van der Waals surface area contributed by atoms with E-state index in [1.54, 1.807) is 18.2 Å². The molecule has 0 fully saturated rings. The van der Waals surface area contributed by atoms with Gasteiger partial charge in [-0.2, -0.15) is 0 Å².